The predicted octanol–water partition coefficient (Wildman–Crippen LogP) is 3.34. The molecule has 1 aromatic heterocycles. The Hall–Kier alpha value is -2.62. The number of hydrogen-bond acceptors (Lipinski definition) is 6. The van der Waals surface area contributed by atoms with Crippen molar-refractivity contribution in [3.63, 3.8) is 0 Å². The van der Waals surface area contributed by atoms with Crippen molar-refractivity contribution in [1.29, 1.82) is 0 Å². The highest BCUT2D eigenvalue weighted by molar-refractivity contribution is 8.13. The number of rotatable bonds is 4. The van der Waals surface area contributed by atoms with E-state index in [2.05, 4.69) is 20.3 Å². The maximum absolute atomic E-state index is 14.8. The molecular formula is C19H18F3N5OS. The lowest BCUT2D eigenvalue weighted by molar-refractivity contribution is 0.102. The molecule has 3 atom stereocenters. The van der Waals surface area contributed by atoms with Gasteiger partial charge in [-0.1, -0.05) is 11.8 Å². The Morgan fingerprint density at radius 1 is 1.34 bits per heavy atom. The number of nitrogens with zero attached hydrogens (tertiary/aromatic N) is 3. The molecule has 1 aliphatic carbocycles. The van der Waals surface area contributed by atoms with Gasteiger partial charge in [-0.3, -0.25) is 14.8 Å². The minimum absolute atomic E-state index is 0.00913. The van der Waals surface area contributed by atoms with Crippen LogP contribution in [0.3, 0.4) is 0 Å². The van der Waals surface area contributed by atoms with Crippen LogP contribution in [0.1, 0.15) is 34.6 Å². The van der Waals surface area contributed by atoms with Crippen molar-refractivity contribution in [1.82, 2.24) is 9.97 Å². The molecule has 1 aromatic carbocycles. The number of fused-ring (bicyclic) bond motifs is 1. The molecule has 0 unspecified atom stereocenters. The molecule has 0 bridgehead atoms. The predicted molar refractivity (Wildman–Crippen MR) is 105 cm³/mol. The number of carbonyl (C=O) groups excluding carboxylic acids is 1. The first kappa shape index (κ1) is 19.7. The van der Waals surface area contributed by atoms with E-state index in [-0.39, 0.29) is 35.7 Å². The van der Waals surface area contributed by atoms with Crippen LogP contribution in [0.4, 0.5) is 18.9 Å². The van der Waals surface area contributed by atoms with Gasteiger partial charge in [-0.15, -0.1) is 0 Å². The molecule has 29 heavy (non-hydrogen) atoms. The fourth-order valence-corrected chi connectivity index (χ4v) is 4.92. The second kappa shape index (κ2) is 7.66. The monoisotopic (exact) mass is 421 g/mol. The van der Waals surface area contributed by atoms with Crippen LogP contribution in [-0.2, 0) is 12.2 Å². The van der Waals surface area contributed by atoms with Crippen LogP contribution in [0.5, 0.6) is 0 Å². The van der Waals surface area contributed by atoms with Crippen LogP contribution in [-0.4, -0.2) is 33.0 Å². The topological polar surface area (TPSA) is 93.3 Å². The minimum atomic E-state index is -1.10. The van der Waals surface area contributed by atoms with E-state index in [1.807, 2.05) is 0 Å². The van der Waals surface area contributed by atoms with Crippen molar-refractivity contribution >= 4 is 28.5 Å². The van der Waals surface area contributed by atoms with E-state index in [1.54, 1.807) is 0 Å². The summed E-state index contributed by atoms with van der Waals surface area (Å²) in [6, 6.07) is 4.08. The average Bonchev–Trinajstić information content (AvgIpc) is 3.05. The van der Waals surface area contributed by atoms with E-state index in [9.17, 15) is 18.0 Å². The lowest BCUT2D eigenvalue weighted by Crippen LogP contribution is -2.37. The molecule has 1 amide bonds. The Morgan fingerprint density at radius 2 is 2.17 bits per heavy atom. The van der Waals surface area contributed by atoms with Crippen LogP contribution >= 0.6 is 11.8 Å². The highest BCUT2D eigenvalue weighted by Gasteiger charge is 2.52. The van der Waals surface area contributed by atoms with E-state index in [0.717, 1.165) is 6.20 Å². The van der Waals surface area contributed by atoms with Crippen LogP contribution < -0.4 is 11.1 Å². The molecule has 2 heterocycles. The van der Waals surface area contributed by atoms with E-state index < -0.39 is 30.1 Å². The summed E-state index contributed by atoms with van der Waals surface area (Å²) in [5, 5.41) is 2.92. The molecule has 4 rings (SSSR count). The maximum atomic E-state index is 14.8. The Kier molecular flexibility index (Phi) is 5.20. The summed E-state index contributed by atoms with van der Waals surface area (Å²) >= 11 is 1.34. The van der Waals surface area contributed by atoms with Crippen molar-refractivity contribution < 1.29 is 18.0 Å². The number of halogens is 3. The molecule has 3 N–H and O–H groups in total. The first-order valence-electron chi connectivity index (χ1n) is 9.02. The molecule has 1 aliphatic heterocycles. The maximum Gasteiger partial charge on any atom is 0.275 e. The van der Waals surface area contributed by atoms with Gasteiger partial charge >= 0.3 is 0 Å². The number of thioether (sulfide) groups is 1. The van der Waals surface area contributed by atoms with Gasteiger partial charge < -0.3 is 11.1 Å². The fourth-order valence-electron chi connectivity index (χ4n) is 3.91. The first-order chi connectivity index (χ1) is 13.9. The number of anilines is 1. The summed E-state index contributed by atoms with van der Waals surface area (Å²) in [5.41, 5.74) is 5.43. The summed E-state index contributed by atoms with van der Waals surface area (Å²) in [4.78, 5) is 24.5. The normalized spacial score (nSPS) is 26.0. The van der Waals surface area contributed by atoms with Crippen molar-refractivity contribution in [3.8, 4) is 0 Å². The number of amidine groups is 1. The number of aromatic nitrogens is 2. The van der Waals surface area contributed by atoms with E-state index in [0.29, 0.717) is 16.6 Å². The second-order valence-electron chi connectivity index (χ2n) is 7.09. The average molecular weight is 421 g/mol. The number of aliphatic imine (C=N–C) groups is 1. The van der Waals surface area contributed by atoms with Gasteiger partial charge in [0.15, 0.2) is 5.17 Å². The van der Waals surface area contributed by atoms with Crippen molar-refractivity contribution in [3.05, 3.63) is 53.4 Å². The number of amides is 1. The third-order valence-corrected chi connectivity index (χ3v) is 6.21. The van der Waals surface area contributed by atoms with Gasteiger partial charge in [0.25, 0.3) is 5.91 Å². The van der Waals surface area contributed by atoms with Gasteiger partial charge in [-0.25, -0.2) is 18.2 Å². The van der Waals surface area contributed by atoms with Gasteiger partial charge in [-0.2, -0.15) is 0 Å². The molecule has 0 radical (unpaired) electrons. The van der Waals surface area contributed by atoms with Crippen LogP contribution in [0, 0.1) is 11.7 Å². The van der Waals surface area contributed by atoms with Crippen molar-refractivity contribution in [2.24, 2.45) is 16.6 Å². The standard InChI is InChI=1S/C19H18F3N5OS/c20-6-13-7-25-16(8-24-13)17(28)26-12-1-2-15(22)14(4-12)19-5-11(21)3-10(19)9-29-18(23)27-19/h1-2,4,7-8,10-11H,3,5-6,9H2,(H2,23,27)(H,26,28)/t10-,11-,19-/m0/s1. The molecule has 1 fully saturated rings. The summed E-state index contributed by atoms with van der Waals surface area (Å²) in [6.45, 7) is -0.781. The van der Waals surface area contributed by atoms with Gasteiger partial charge in [0, 0.05) is 29.3 Å². The molecular weight excluding hydrogens is 403 g/mol. The summed E-state index contributed by atoms with van der Waals surface area (Å²) in [5.74, 6) is -0.735. The zero-order valence-electron chi connectivity index (χ0n) is 15.2. The molecule has 6 nitrogen and oxygen atoms in total. The lowest BCUT2D eigenvalue weighted by Gasteiger charge is -2.35. The Morgan fingerprint density at radius 3 is 2.90 bits per heavy atom. The Bertz CT molecular complexity index is 971. The van der Waals surface area contributed by atoms with Crippen molar-refractivity contribution in [2.75, 3.05) is 11.1 Å². The lowest BCUT2D eigenvalue weighted by atomic mass is 9.81. The van der Waals surface area contributed by atoms with Crippen LogP contribution in [0.25, 0.3) is 0 Å². The highest BCUT2D eigenvalue weighted by Crippen LogP contribution is 2.52. The van der Waals surface area contributed by atoms with Gasteiger partial charge in [0.1, 0.15) is 24.4 Å². The number of nitrogens with two attached hydrogens (primary N) is 1. The Labute approximate surface area is 169 Å². The fraction of sp³-hybridized carbons (Fsp3) is 0.368. The number of nitrogens with one attached hydrogen (secondary N) is 1. The molecule has 2 aromatic rings. The van der Waals surface area contributed by atoms with Crippen LogP contribution in [0.15, 0.2) is 35.6 Å². The smallest absolute Gasteiger partial charge is 0.275 e. The largest absolute Gasteiger partial charge is 0.379 e. The highest BCUT2D eigenvalue weighted by atomic mass is 32.2. The number of hydrogen-bond donors (Lipinski definition) is 2. The number of benzene rings is 1. The molecule has 152 valence electrons. The molecule has 0 saturated heterocycles. The zero-order valence-corrected chi connectivity index (χ0v) is 16.1. The Balaban J connectivity index is 1.65. The zero-order chi connectivity index (χ0) is 20.6. The van der Waals surface area contributed by atoms with E-state index in [1.165, 1.54) is 36.2 Å². The molecule has 1 saturated carbocycles. The summed E-state index contributed by atoms with van der Waals surface area (Å²) < 4.78 is 41.6. The minimum Gasteiger partial charge on any atom is -0.379 e. The van der Waals surface area contributed by atoms with Gasteiger partial charge in [0.05, 0.1) is 23.6 Å². The molecule has 10 heteroatoms. The molecule has 2 aliphatic rings. The first-order valence-corrected chi connectivity index (χ1v) is 10.0. The molecule has 0 spiro atoms. The second-order valence-corrected chi connectivity index (χ2v) is 8.13. The van der Waals surface area contributed by atoms with E-state index in [4.69, 9.17) is 5.73 Å². The summed E-state index contributed by atoms with van der Waals surface area (Å²) in [6.07, 6.45) is 1.57. The quantitative estimate of drug-likeness (QED) is 0.790. The number of alkyl halides is 2. The number of carbonyl (C=O) groups is 1. The van der Waals surface area contributed by atoms with Crippen molar-refractivity contribution in [2.45, 2.75) is 31.2 Å². The van der Waals surface area contributed by atoms with E-state index >= 15 is 0 Å². The van der Waals surface area contributed by atoms with Crippen LogP contribution in [0.2, 0.25) is 0 Å². The van der Waals surface area contributed by atoms with Gasteiger partial charge in [-0.05, 0) is 24.6 Å². The third kappa shape index (κ3) is 3.68. The third-order valence-electron chi connectivity index (χ3n) is 5.26. The summed E-state index contributed by atoms with van der Waals surface area (Å²) in [7, 11) is 0. The SMILES string of the molecule is NC1=N[C@@]2(c3cc(NC(=O)c4cnc(CF)cn4)ccc3F)C[C@@H](F)C[C@H]2CS1. The van der Waals surface area contributed by atoms with Gasteiger partial charge in [0.2, 0.25) is 0 Å².